The molecule has 5 nitrogen and oxygen atoms in total. The number of halogens is 1. The Labute approximate surface area is 124 Å². The SMILES string of the molecule is COc1ccc(C(=O)N(C)CC(=O)NC(C)(C)C)c(F)c1. The number of hydrogen-bond acceptors (Lipinski definition) is 3. The molecule has 0 aliphatic heterocycles. The molecular weight excluding hydrogens is 275 g/mol. The van der Waals surface area contributed by atoms with Gasteiger partial charge in [0.05, 0.1) is 19.2 Å². The second-order valence-electron chi connectivity index (χ2n) is 5.81. The molecule has 0 saturated carbocycles. The topological polar surface area (TPSA) is 58.6 Å². The molecule has 1 aromatic carbocycles. The van der Waals surface area contributed by atoms with Gasteiger partial charge >= 0.3 is 0 Å². The first-order valence-electron chi connectivity index (χ1n) is 6.54. The van der Waals surface area contributed by atoms with Gasteiger partial charge in [-0.05, 0) is 32.9 Å². The van der Waals surface area contributed by atoms with Gasteiger partial charge in [0, 0.05) is 18.7 Å². The van der Waals surface area contributed by atoms with E-state index in [1.165, 1.54) is 31.2 Å². The molecule has 1 aromatic rings. The van der Waals surface area contributed by atoms with E-state index in [4.69, 9.17) is 4.74 Å². The highest BCUT2D eigenvalue weighted by atomic mass is 19.1. The maximum Gasteiger partial charge on any atom is 0.257 e. The highest BCUT2D eigenvalue weighted by Gasteiger charge is 2.21. The highest BCUT2D eigenvalue weighted by Crippen LogP contribution is 2.17. The minimum absolute atomic E-state index is 0.0955. The van der Waals surface area contributed by atoms with Gasteiger partial charge in [-0.15, -0.1) is 0 Å². The summed E-state index contributed by atoms with van der Waals surface area (Å²) in [6, 6.07) is 3.98. The third-order valence-electron chi connectivity index (χ3n) is 2.65. The Hall–Kier alpha value is -2.11. The average molecular weight is 296 g/mol. The van der Waals surface area contributed by atoms with Crippen LogP contribution in [-0.2, 0) is 4.79 Å². The minimum atomic E-state index is -0.678. The van der Waals surface area contributed by atoms with Gasteiger partial charge in [0.1, 0.15) is 11.6 Å². The van der Waals surface area contributed by atoms with Crippen molar-refractivity contribution in [3.8, 4) is 5.75 Å². The van der Waals surface area contributed by atoms with Gasteiger partial charge in [-0.2, -0.15) is 0 Å². The zero-order chi connectivity index (χ0) is 16.2. The minimum Gasteiger partial charge on any atom is -0.497 e. The van der Waals surface area contributed by atoms with Crippen molar-refractivity contribution in [3.05, 3.63) is 29.6 Å². The monoisotopic (exact) mass is 296 g/mol. The Morgan fingerprint density at radius 3 is 2.43 bits per heavy atom. The van der Waals surface area contributed by atoms with Crippen molar-refractivity contribution in [1.29, 1.82) is 0 Å². The number of amides is 2. The first-order valence-corrected chi connectivity index (χ1v) is 6.54. The van der Waals surface area contributed by atoms with Crippen LogP contribution in [0.1, 0.15) is 31.1 Å². The molecule has 116 valence electrons. The number of rotatable bonds is 4. The number of carbonyl (C=O) groups is 2. The lowest BCUT2D eigenvalue weighted by Gasteiger charge is -2.23. The fraction of sp³-hybridized carbons (Fsp3) is 0.467. The number of nitrogens with one attached hydrogen (secondary N) is 1. The van der Waals surface area contributed by atoms with Crippen molar-refractivity contribution >= 4 is 11.8 Å². The molecule has 2 amide bonds. The summed E-state index contributed by atoms with van der Waals surface area (Å²) in [4.78, 5) is 25.1. The third-order valence-corrected chi connectivity index (χ3v) is 2.65. The molecule has 1 N–H and O–H groups in total. The van der Waals surface area contributed by atoms with Crippen LogP contribution in [0.3, 0.4) is 0 Å². The molecular formula is C15H21FN2O3. The standard InChI is InChI=1S/C15H21FN2O3/c1-15(2,3)17-13(19)9-18(4)14(20)11-7-6-10(21-5)8-12(11)16/h6-8H,9H2,1-5H3,(H,17,19). The Morgan fingerprint density at radius 1 is 1.33 bits per heavy atom. The molecule has 1 rings (SSSR count). The predicted octanol–water partition coefficient (Wildman–Crippen LogP) is 1.82. The number of methoxy groups -OCH3 is 1. The van der Waals surface area contributed by atoms with Crippen LogP contribution >= 0.6 is 0 Å². The molecule has 0 aliphatic carbocycles. The van der Waals surface area contributed by atoms with Crippen LogP contribution < -0.4 is 10.1 Å². The van der Waals surface area contributed by atoms with E-state index in [2.05, 4.69) is 5.32 Å². The largest absolute Gasteiger partial charge is 0.497 e. The predicted molar refractivity (Wildman–Crippen MR) is 77.8 cm³/mol. The van der Waals surface area contributed by atoms with E-state index in [1.807, 2.05) is 20.8 Å². The van der Waals surface area contributed by atoms with Gasteiger partial charge in [-0.25, -0.2) is 4.39 Å². The van der Waals surface area contributed by atoms with Crippen molar-refractivity contribution in [2.45, 2.75) is 26.3 Å². The Kier molecular flexibility index (Phi) is 5.29. The van der Waals surface area contributed by atoms with Crippen LogP contribution in [-0.4, -0.2) is 43.0 Å². The lowest BCUT2D eigenvalue weighted by Crippen LogP contribution is -2.46. The van der Waals surface area contributed by atoms with E-state index in [0.29, 0.717) is 5.75 Å². The van der Waals surface area contributed by atoms with Gasteiger partial charge in [-0.3, -0.25) is 9.59 Å². The quantitative estimate of drug-likeness (QED) is 0.922. The fourth-order valence-electron chi connectivity index (χ4n) is 1.75. The summed E-state index contributed by atoms with van der Waals surface area (Å²) in [7, 11) is 2.87. The highest BCUT2D eigenvalue weighted by molar-refractivity contribution is 5.96. The maximum atomic E-state index is 13.8. The van der Waals surface area contributed by atoms with Crippen LogP contribution in [0.15, 0.2) is 18.2 Å². The summed E-state index contributed by atoms with van der Waals surface area (Å²) in [6.45, 7) is 5.39. The molecule has 0 spiro atoms. The molecule has 6 heteroatoms. The van der Waals surface area contributed by atoms with E-state index in [-0.39, 0.29) is 23.6 Å². The average Bonchev–Trinajstić information content (AvgIpc) is 2.35. The molecule has 0 aliphatic rings. The molecule has 0 atom stereocenters. The molecule has 0 bridgehead atoms. The van der Waals surface area contributed by atoms with Gasteiger partial charge < -0.3 is 15.0 Å². The van der Waals surface area contributed by atoms with Crippen LogP contribution in [0.5, 0.6) is 5.75 Å². The lowest BCUT2D eigenvalue weighted by molar-refractivity contribution is -0.122. The zero-order valence-electron chi connectivity index (χ0n) is 13.0. The van der Waals surface area contributed by atoms with E-state index >= 15 is 0 Å². The van der Waals surface area contributed by atoms with E-state index in [9.17, 15) is 14.0 Å². The number of benzene rings is 1. The van der Waals surface area contributed by atoms with Gasteiger partial charge in [0.15, 0.2) is 0 Å². The van der Waals surface area contributed by atoms with Crippen molar-refractivity contribution in [3.63, 3.8) is 0 Å². The summed E-state index contributed by atoms with van der Waals surface area (Å²) >= 11 is 0. The summed E-state index contributed by atoms with van der Waals surface area (Å²) in [5, 5.41) is 2.74. The molecule has 0 aromatic heterocycles. The summed E-state index contributed by atoms with van der Waals surface area (Å²) in [5.74, 6) is -1.20. The smallest absolute Gasteiger partial charge is 0.257 e. The first-order chi connectivity index (χ1) is 9.64. The van der Waals surface area contributed by atoms with E-state index in [0.717, 1.165) is 6.07 Å². The Morgan fingerprint density at radius 2 is 1.95 bits per heavy atom. The van der Waals surface area contributed by atoms with Crippen molar-refractivity contribution in [2.75, 3.05) is 20.7 Å². The van der Waals surface area contributed by atoms with Crippen LogP contribution in [0.25, 0.3) is 0 Å². The van der Waals surface area contributed by atoms with Crippen molar-refractivity contribution < 1.29 is 18.7 Å². The molecule has 21 heavy (non-hydrogen) atoms. The number of likely N-dealkylation sites (N-methyl/N-ethyl adjacent to an activating group) is 1. The van der Waals surface area contributed by atoms with Crippen molar-refractivity contribution in [2.24, 2.45) is 0 Å². The normalized spacial score (nSPS) is 11.0. The molecule has 0 unspecified atom stereocenters. The molecule has 0 radical (unpaired) electrons. The summed E-state index contributed by atoms with van der Waals surface area (Å²) in [6.07, 6.45) is 0. The third kappa shape index (κ3) is 5.06. The second-order valence-corrected chi connectivity index (χ2v) is 5.81. The first kappa shape index (κ1) is 16.9. The molecule has 0 saturated heterocycles. The number of ether oxygens (including phenoxy) is 1. The van der Waals surface area contributed by atoms with Gasteiger partial charge in [-0.1, -0.05) is 0 Å². The van der Waals surface area contributed by atoms with Crippen LogP contribution in [0.4, 0.5) is 4.39 Å². The number of hydrogen-bond donors (Lipinski definition) is 1. The second kappa shape index (κ2) is 6.56. The summed E-state index contributed by atoms with van der Waals surface area (Å²) in [5.41, 5.74) is -0.478. The lowest BCUT2D eigenvalue weighted by atomic mass is 10.1. The van der Waals surface area contributed by atoms with Crippen LogP contribution in [0, 0.1) is 5.82 Å². The van der Waals surface area contributed by atoms with Crippen molar-refractivity contribution in [1.82, 2.24) is 10.2 Å². The molecule has 0 fully saturated rings. The Bertz CT molecular complexity index is 538. The van der Waals surface area contributed by atoms with Crippen LogP contribution in [0.2, 0.25) is 0 Å². The number of carbonyl (C=O) groups excluding carboxylic acids is 2. The van der Waals surface area contributed by atoms with E-state index in [1.54, 1.807) is 0 Å². The summed E-state index contributed by atoms with van der Waals surface area (Å²) < 4.78 is 18.7. The van der Waals surface area contributed by atoms with Gasteiger partial charge in [0.2, 0.25) is 5.91 Å². The maximum absolute atomic E-state index is 13.8. The number of nitrogens with zero attached hydrogens (tertiary/aromatic N) is 1. The Balaban J connectivity index is 2.77. The zero-order valence-corrected chi connectivity index (χ0v) is 13.0. The van der Waals surface area contributed by atoms with Gasteiger partial charge in [0.25, 0.3) is 5.91 Å². The van der Waals surface area contributed by atoms with E-state index < -0.39 is 11.7 Å². The fourth-order valence-corrected chi connectivity index (χ4v) is 1.75. The molecule has 0 heterocycles.